The van der Waals surface area contributed by atoms with Gasteiger partial charge < -0.3 is 20.2 Å². The summed E-state index contributed by atoms with van der Waals surface area (Å²) in [6, 6.07) is 0. The largest absolute Gasteiger partial charge is 0.342 e. The van der Waals surface area contributed by atoms with Gasteiger partial charge in [-0.25, -0.2) is 0 Å². The van der Waals surface area contributed by atoms with Crippen LogP contribution < -0.4 is 10.2 Å². The van der Waals surface area contributed by atoms with Crippen LogP contribution in [0.4, 0.5) is 5.82 Å². The van der Waals surface area contributed by atoms with E-state index < -0.39 is 0 Å². The van der Waals surface area contributed by atoms with Gasteiger partial charge in [0.25, 0.3) is 5.91 Å². The quantitative estimate of drug-likeness (QED) is 0.505. The zero-order valence-electron chi connectivity index (χ0n) is 6.47. The molecule has 0 aliphatic carbocycles. The number of anilines is 1. The monoisotopic (exact) mass is 184 g/mol. The van der Waals surface area contributed by atoms with Crippen molar-refractivity contribution in [2.75, 3.05) is 18.6 Å². The van der Waals surface area contributed by atoms with Crippen LogP contribution in [-0.2, 0) is 0 Å². The van der Waals surface area contributed by atoms with Crippen molar-refractivity contribution in [3.8, 4) is 0 Å². The smallest absolute Gasteiger partial charge is 0.272 e. The fourth-order valence-corrected chi connectivity index (χ4v) is 1.38. The number of carbonyl (C=O) groups is 1. The van der Waals surface area contributed by atoms with E-state index in [-0.39, 0.29) is 5.91 Å². The van der Waals surface area contributed by atoms with Crippen LogP contribution >= 0.6 is 12.2 Å². The maximum Gasteiger partial charge on any atom is 0.272 e. The van der Waals surface area contributed by atoms with E-state index in [1.165, 1.54) is 0 Å². The van der Waals surface area contributed by atoms with Crippen molar-refractivity contribution in [1.82, 2.24) is 15.3 Å². The Morgan fingerprint density at radius 2 is 2.25 bits per heavy atom. The Morgan fingerprint density at radius 1 is 1.50 bits per heavy atom. The van der Waals surface area contributed by atoms with Gasteiger partial charge in [-0.3, -0.25) is 4.79 Å². The first-order valence-corrected chi connectivity index (χ1v) is 3.91. The maximum absolute atomic E-state index is 11.2. The fraction of sp³-hybridized carbons (Fsp3) is 0.333. The van der Waals surface area contributed by atoms with Crippen LogP contribution in [0.25, 0.3) is 0 Å². The number of fused-ring (bicyclic) bond motifs is 1. The van der Waals surface area contributed by atoms with E-state index in [2.05, 4.69) is 15.3 Å². The van der Waals surface area contributed by atoms with Crippen LogP contribution in [-0.4, -0.2) is 29.6 Å². The van der Waals surface area contributed by atoms with Crippen LogP contribution in [0, 0.1) is 4.77 Å². The van der Waals surface area contributed by atoms with E-state index in [0.717, 1.165) is 5.82 Å². The van der Waals surface area contributed by atoms with Gasteiger partial charge in [0.15, 0.2) is 4.77 Å². The minimum atomic E-state index is -0.115. The van der Waals surface area contributed by atoms with Gasteiger partial charge in [-0.05, 0) is 12.2 Å². The van der Waals surface area contributed by atoms with Crippen molar-refractivity contribution in [1.29, 1.82) is 0 Å². The van der Waals surface area contributed by atoms with Crippen molar-refractivity contribution < 1.29 is 4.79 Å². The van der Waals surface area contributed by atoms with Gasteiger partial charge in [-0.1, -0.05) is 0 Å². The summed E-state index contributed by atoms with van der Waals surface area (Å²) in [5.41, 5.74) is 0.508. The highest BCUT2D eigenvalue weighted by molar-refractivity contribution is 7.71. The Labute approximate surface area is 73.8 Å². The number of hydrogen-bond acceptors (Lipinski definition) is 3. The highest BCUT2D eigenvalue weighted by atomic mass is 32.1. The van der Waals surface area contributed by atoms with Crippen LogP contribution in [0.15, 0.2) is 0 Å². The summed E-state index contributed by atoms with van der Waals surface area (Å²) in [4.78, 5) is 18.8. The van der Waals surface area contributed by atoms with Crippen LogP contribution in [0.3, 0.4) is 0 Å². The molecular formula is C6H8N4OS. The van der Waals surface area contributed by atoms with Crippen molar-refractivity contribution in [2.24, 2.45) is 0 Å². The molecular weight excluding hydrogens is 176 g/mol. The van der Waals surface area contributed by atoms with Crippen LogP contribution in [0.1, 0.15) is 10.5 Å². The average molecular weight is 184 g/mol. The number of nitrogens with zero attached hydrogens (tertiary/aromatic N) is 1. The first-order valence-electron chi connectivity index (χ1n) is 3.50. The van der Waals surface area contributed by atoms with Gasteiger partial charge in [0.05, 0.1) is 6.67 Å². The molecule has 0 radical (unpaired) electrons. The third-order valence-electron chi connectivity index (χ3n) is 1.79. The van der Waals surface area contributed by atoms with Gasteiger partial charge >= 0.3 is 0 Å². The SMILES string of the molecule is CN1CNC(=O)c2[nH]c(=S)[nH]c21. The molecule has 0 aromatic carbocycles. The molecule has 0 saturated heterocycles. The van der Waals surface area contributed by atoms with Gasteiger partial charge in [0.2, 0.25) is 0 Å². The summed E-state index contributed by atoms with van der Waals surface area (Å²) in [6.07, 6.45) is 0. The molecule has 0 saturated carbocycles. The summed E-state index contributed by atoms with van der Waals surface area (Å²) in [5.74, 6) is 0.638. The van der Waals surface area contributed by atoms with Crippen molar-refractivity contribution in [3.63, 3.8) is 0 Å². The van der Waals surface area contributed by atoms with E-state index in [1.807, 2.05) is 11.9 Å². The first-order chi connectivity index (χ1) is 5.68. The number of rotatable bonds is 0. The van der Waals surface area contributed by atoms with Gasteiger partial charge in [0.1, 0.15) is 11.5 Å². The van der Waals surface area contributed by atoms with Crippen molar-refractivity contribution in [2.45, 2.75) is 0 Å². The van der Waals surface area contributed by atoms with Crippen LogP contribution in [0.5, 0.6) is 0 Å². The second-order valence-electron chi connectivity index (χ2n) is 2.66. The van der Waals surface area contributed by atoms with Crippen molar-refractivity contribution >= 4 is 23.9 Å². The van der Waals surface area contributed by atoms with E-state index in [0.29, 0.717) is 17.1 Å². The van der Waals surface area contributed by atoms with Gasteiger partial charge in [-0.2, -0.15) is 0 Å². The van der Waals surface area contributed by atoms with E-state index in [1.54, 1.807) is 0 Å². The minimum absolute atomic E-state index is 0.115. The number of imidazole rings is 1. The normalized spacial score (nSPS) is 15.8. The number of carbonyl (C=O) groups excluding carboxylic acids is 1. The summed E-state index contributed by atoms with van der Waals surface area (Å²) in [5, 5.41) is 2.69. The predicted octanol–water partition coefficient (Wildman–Crippen LogP) is 0.209. The molecule has 0 fully saturated rings. The van der Waals surface area contributed by atoms with Gasteiger partial charge in [-0.15, -0.1) is 0 Å². The summed E-state index contributed by atoms with van der Waals surface area (Å²) in [6.45, 7) is 0.509. The number of H-pyrrole nitrogens is 2. The lowest BCUT2D eigenvalue weighted by Crippen LogP contribution is -2.41. The molecule has 0 spiro atoms. The lowest BCUT2D eigenvalue weighted by atomic mass is 10.3. The molecule has 1 amide bonds. The Balaban J connectivity index is 2.61. The zero-order chi connectivity index (χ0) is 8.72. The Kier molecular flexibility index (Phi) is 1.44. The molecule has 2 heterocycles. The molecule has 1 aromatic rings. The number of aromatic amines is 2. The molecule has 6 heteroatoms. The standard InChI is InChI=1S/C6H8N4OS/c1-10-2-7-5(11)3-4(10)9-6(12)8-3/h2H2,1H3,(H,7,11)(H2,8,9,12). The lowest BCUT2D eigenvalue weighted by Gasteiger charge is -2.23. The second kappa shape index (κ2) is 2.34. The van der Waals surface area contributed by atoms with E-state index in [4.69, 9.17) is 12.2 Å². The number of amides is 1. The summed E-state index contributed by atoms with van der Waals surface area (Å²) < 4.78 is 0.476. The topological polar surface area (TPSA) is 63.9 Å². The average Bonchev–Trinajstić information content (AvgIpc) is 2.41. The fourth-order valence-electron chi connectivity index (χ4n) is 1.18. The number of hydrogen-bond donors (Lipinski definition) is 3. The molecule has 1 aromatic heterocycles. The van der Waals surface area contributed by atoms with Crippen molar-refractivity contribution in [3.05, 3.63) is 10.5 Å². The molecule has 1 aliphatic rings. The minimum Gasteiger partial charge on any atom is -0.342 e. The predicted molar refractivity (Wildman–Crippen MR) is 46.7 cm³/mol. The van der Waals surface area contributed by atoms with E-state index >= 15 is 0 Å². The number of nitrogens with one attached hydrogen (secondary N) is 3. The summed E-state index contributed by atoms with van der Waals surface area (Å²) in [7, 11) is 1.87. The third kappa shape index (κ3) is 0.918. The highest BCUT2D eigenvalue weighted by Gasteiger charge is 2.21. The third-order valence-corrected chi connectivity index (χ3v) is 2.00. The summed E-state index contributed by atoms with van der Waals surface area (Å²) >= 11 is 4.87. The molecule has 64 valence electrons. The number of aromatic nitrogens is 2. The molecule has 5 nitrogen and oxygen atoms in total. The molecule has 0 bridgehead atoms. The molecule has 1 aliphatic heterocycles. The highest BCUT2D eigenvalue weighted by Crippen LogP contribution is 2.17. The Hall–Kier alpha value is -1.30. The molecule has 3 N–H and O–H groups in total. The zero-order valence-corrected chi connectivity index (χ0v) is 7.29. The lowest BCUT2D eigenvalue weighted by molar-refractivity contribution is 0.0944. The molecule has 0 atom stereocenters. The molecule has 2 rings (SSSR count). The van der Waals surface area contributed by atoms with E-state index in [9.17, 15) is 4.79 Å². The Morgan fingerprint density at radius 3 is 2.92 bits per heavy atom. The molecule has 0 unspecified atom stereocenters. The van der Waals surface area contributed by atoms with Gasteiger partial charge in [0, 0.05) is 7.05 Å². The molecule has 12 heavy (non-hydrogen) atoms. The maximum atomic E-state index is 11.2. The van der Waals surface area contributed by atoms with Crippen LogP contribution in [0.2, 0.25) is 0 Å². The second-order valence-corrected chi connectivity index (χ2v) is 3.07. The first kappa shape index (κ1) is 7.35. The Bertz CT molecular complexity index is 379.